The number of unbranched alkanes of at least 4 members (excludes halogenated alkanes) is 1. The summed E-state index contributed by atoms with van der Waals surface area (Å²) in [6.45, 7) is 5.73. The third-order valence-corrected chi connectivity index (χ3v) is 3.93. The van der Waals surface area contributed by atoms with Crippen molar-refractivity contribution in [3.8, 4) is 0 Å². The molecule has 1 aliphatic carbocycles. The fourth-order valence-electron chi connectivity index (χ4n) is 2.15. The van der Waals surface area contributed by atoms with Crippen LogP contribution in [-0.4, -0.2) is 28.9 Å². The summed E-state index contributed by atoms with van der Waals surface area (Å²) in [5, 5.41) is 0. The Morgan fingerprint density at radius 2 is 2.06 bits per heavy atom. The predicted octanol–water partition coefficient (Wildman–Crippen LogP) is 2.09. The van der Waals surface area contributed by atoms with Crippen LogP contribution in [0.4, 0.5) is 0 Å². The van der Waals surface area contributed by atoms with Crippen molar-refractivity contribution in [3.63, 3.8) is 0 Å². The summed E-state index contributed by atoms with van der Waals surface area (Å²) in [4.78, 5) is 14.7. The number of nitrogens with two attached hydrogens (primary N) is 1. The first-order chi connectivity index (χ1) is 7.58. The van der Waals surface area contributed by atoms with Crippen molar-refractivity contribution in [1.82, 2.24) is 4.90 Å². The van der Waals surface area contributed by atoms with E-state index >= 15 is 0 Å². The zero-order chi connectivity index (χ0) is 12.2. The minimum atomic E-state index is -0.501. The van der Waals surface area contributed by atoms with Gasteiger partial charge in [-0.2, -0.15) is 0 Å². The molecule has 0 atom stereocenters. The lowest BCUT2D eigenvalue weighted by Crippen LogP contribution is -2.54. The number of nitrogens with zero attached hydrogens (tertiary/aromatic N) is 1. The van der Waals surface area contributed by atoms with E-state index in [1.54, 1.807) is 0 Å². The Hall–Kier alpha value is -0.640. The molecule has 0 unspecified atom stereocenters. The van der Waals surface area contributed by atoms with Gasteiger partial charge in [-0.25, -0.2) is 0 Å². The fourth-order valence-corrected chi connectivity index (χ4v) is 2.44. The van der Waals surface area contributed by atoms with Crippen LogP contribution in [0.2, 0.25) is 0 Å². The molecule has 0 bridgehead atoms. The molecular formula is C12H22N2OS. The zero-order valence-corrected chi connectivity index (χ0v) is 11.1. The van der Waals surface area contributed by atoms with E-state index < -0.39 is 5.41 Å². The lowest BCUT2D eigenvalue weighted by Gasteiger charge is -2.42. The Morgan fingerprint density at radius 1 is 1.44 bits per heavy atom. The number of amides is 1. The third-order valence-electron chi connectivity index (χ3n) is 3.54. The fraction of sp³-hybridized carbons (Fsp3) is 0.833. The van der Waals surface area contributed by atoms with Crippen LogP contribution in [0.1, 0.15) is 46.0 Å². The van der Waals surface area contributed by atoms with E-state index in [1.165, 1.54) is 0 Å². The average Bonchev–Trinajstić information content (AvgIpc) is 2.16. The van der Waals surface area contributed by atoms with Crippen LogP contribution in [-0.2, 0) is 4.79 Å². The van der Waals surface area contributed by atoms with Gasteiger partial charge in [0.25, 0.3) is 0 Å². The van der Waals surface area contributed by atoms with Crippen molar-refractivity contribution in [2.24, 2.45) is 11.1 Å². The first-order valence-corrected chi connectivity index (χ1v) is 6.58. The molecule has 4 heteroatoms. The molecule has 92 valence electrons. The van der Waals surface area contributed by atoms with Gasteiger partial charge in [-0.1, -0.05) is 32.0 Å². The summed E-state index contributed by atoms with van der Waals surface area (Å²) in [5.41, 5.74) is 5.24. The minimum absolute atomic E-state index is 0.155. The average molecular weight is 242 g/mol. The van der Waals surface area contributed by atoms with E-state index in [2.05, 4.69) is 6.92 Å². The molecule has 0 spiro atoms. The van der Waals surface area contributed by atoms with Crippen LogP contribution in [0, 0.1) is 5.41 Å². The lowest BCUT2D eigenvalue weighted by atomic mass is 9.67. The molecule has 0 radical (unpaired) electrons. The first kappa shape index (κ1) is 13.4. The van der Waals surface area contributed by atoms with Crippen molar-refractivity contribution >= 4 is 23.1 Å². The van der Waals surface area contributed by atoms with Gasteiger partial charge < -0.3 is 10.6 Å². The zero-order valence-electron chi connectivity index (χ0n) is 10.3. The van der Waals surface area contributed by atoms with E-state index in [0.717, 1.165) is 45.2 Å². The summed E-state index contributed by atoms with van der Waals surface area (Å²) in [7, 11) is 0. The Kier molecular flexibility index (Phi) is 4.71. The van der Waals surface area contributed by atoms with Gasteiger partial charge in [0.05, 0.1) is 10.4 Å². The molecule has 0 saturated heterocycles. The van der Waals surface area contributed by atoms with Crippen LogP contribution in [0.15, 0.2) is 0 Å². The summed E-state index contributed by atoms with van der Waals surface area (Å²) in [6.07, 6.45) is 4.89. The van der Waals surface area contributed by atoms with Crippen molar-refractivity contribution in [2.45, 2.75) is 46.0 Å². The number of thiocarbonyl (C=S) groups is 1. The van der Waals surface area contributed by atoms with Crippen LogP contribution >= 0.6 is 12.2 Å². The number of carbonyl (C=O) groups is 1. The normalized spacial score (nSPS) is 17.6. The van der Waals surface area contributed by atoms with Crippen LogP contribution < -0.4 is 5.73 Å². The third kappa shape index (κ3) is 2.37. The molecule has 1 amide bonds. The Morgan fingerprint density at radius 3 is 2.38 bits per heavy atom. The summed E-state index contributed by atoms with van der Waals surface area (Å²) in [5.74, 6) is 0.155. The molecule has 16 heavy (non-hydrogen) atoms. The predicted molar refractivity (Wildman–Crippen MR) is 70.2 cm³/mol. The first-order valence-electron chi connectivity index (χ1n) is 6.17. The molecular weight excluding hydrogens is 220 g/mol. The molecule has 1 rings (SSSR count). The molecule has 0 aromatic heterocycles. The number of carbonyl (C=O) groups excluding carboxylic acids is 1. The van der Waals surface area contributed by atoms with E-state index in [1.807, 2.05) is 11.8 Å². The van der Waals surface area contributed by atoms with Gasteiger partial charge in [-0.05, 0) is 26.2 Å². The molecule has 0 aliphatic heterocycles. The second-order valence-corrected chi connectivity index (χ2v) is 4.98. The maximum atomic E-state index is 12.4. The van der Waals surface area contributed by atoms with Gasteiger partial charge >= 0.3 is 0 Å². The quantitative estimate of drug-likeness (QED) is 0.725. The number of hydrogen-bond acceptors (Lipinski definition) is 2. The van der Waals surface area contributed by atoms with Gasteiger partial charge in [0.15, 0.2) is 0 Å². The van der Waals surface area contributed by atoms with Crippen molar-refractivity contribution in [3.05, 3.63) is 0 Å². The maximum absolute atomic E-state index is 12.4. The second-order valence-electron chi connectivity index (χ2n) is 4.54. The second kappa shape index (κ2) is 5.62. The molecule has 3 nitrogen and oxygen atoms in total. The topological polar surface area (TPSA) is 46.3 Å². The molecule has 0 aromatic carbocycles. The standard InChI is InChI=1S/C12H22N2OS/c1-3-5-9-14(4-2)11(15)12(10(13)16)7-6-8-12/h3-9H2,1-2H3,(H2,13,16). The van der Waals surface area contributed by atoms with Gasteiger partial charge in [0, 0.05) is 13.1 Å². The summed E-state index contributed by atoms with van der Waals surface area (Å²) >= 11 is 5.07. The van der Waals surface area contributed by atoms with E-state index in [4.69, 9.17) is 18.0 Å². The molecule has 0 aromatic rings. The van der Waals surface area contributed by atoms with Crippen molar-refractivity contribution in [1.29, 1.82) is 0 Å². The van der Waals surface area contributed by atoms with Gasteiger partial charge in [-0.3, -0.25) is 4.79 Å². The van der Waals surface area contributed by atoms with Gasteiger partial charge in [-0.15, -0.1) is 0 Å². The highest BCUT2D eigenvalue weighted by atomic mass is 32.1. The molecule has 1 aliphatic rings. The van der Waals surface area contributed by atoms with Gasteiger partial charge in [0.2, 0.25) is 5.91 Å². The smallest absolute Gasteiger partial charge is 0.235 e. The minimum Gasteiger partial charge on any atom is -0.392 e. The van der Waals surface area contributed by atoms with Crippen LogP contribution in [0.3, 0.4) is 0 Å². The van der Waals surface area contributed by atoms with Crippen LogP contribution in [0.5, 0.6) is 0 Å². The Balaban J connectivity index is 2.69. The number of hydrogen-bond donors (Lipinski definition) is 1. The number of rotatable bonds is 6. The SMILES string of the molecule is CCCCN(CC)C(=O)C1(C(N)=S)CCC1. The van der Waals surface area contributed by atoms with E-state index in [-0.39, 0.29) is 5.91 Å². The molecule has 1 saturated carbocycles. The Labute approximate surface area is 103 Å². The van der Waals surface area contributed by atoms with E-state index in [0.29, 0.717) is 4.99 Å². The van der Waals surface area contributed by atoms with Gasteiger partial charge in [0.1, 0.15) is 0 Å². The monoisotopic (exact) mass is 242 g/mol. The van der Waals surface area contributed by atoms with Crippen molar-refractivity contribution < 1.29 is 4.79 Å². The van der Waals surface area contributed by atoms with Crippen molar-refractivity contribution in [2.75, 3.05) is 13.1 Å². The Bertz CT molecular complexity index is 274. The summed E-state index contributed by atoms with van der Waals surface area (Å²) < 4.78 is 0. The highest BCUT2D eigenvalue weighted by Crippen LogP contribution is 2.42. The highest BCUT2D eigenvalue weighted by Gasteiger charge is 2.48. The largest absolute Gasteiger partial charge is 0.392 e. The van der Waals surface area contributed by atoms with E-state index in [9.17, 15) is 4.79 Å². The lowest BCUT2D eigenvalue weighted by molar-refractivity contribution is -0.141. The van der Waals surface area contributed by atoms with Crippen LogP contribution in [0.25, 0.3) is 0 Å². The summed E-state index contributed by atoms with van der Waals surface area (Å²) in [6, 6.07) is 0. The maximum Gasteiger partial charge on any atom is 0.235 e. The highest BCUT2D eigenvalue weighted by molar-refractivity contribution is 7.80. The molecule has 2 N–H and O–H groups in total. The molecule has 1 fully saturated rings. The molecule has 0 heterocycles.